The topological polar surface area (TPSA) is 0 Å². The van der Waals surface area contributed by atoms with E-state index in [1.165, 1.54) is 46.3 Å². The molecule has 0 atom stereocenters. The second-order valence-electron chi connectivity index (χ2n) is 7.33. The summed E-state index contributed by atoms with van der Waals surface area (Å²) in [6.45, 7) is 6.37. The number of hydrogen-bond donors (Lipinski definition) is 0. The molecular formula is C30H40Cl2SiZr-4. The zero-order valence-electron chi connectivity index (χ0n) is 21.2. The summed E-state index contributed by atoms with van der Waals surface area (Å²) in [5, 5.41) is 0. The molecule has 4 rings (SSSR count). The van der Waals surface area contributed by atoms with E-state index in [1.807, 2.05) is 6.88 Å². The monoisotopic (exact) mass is 588 g/mol. The summed E-state index contributed by atoms with van der Waals surface area (Å²) in [6, 6.07) is 21.2. The predicted molar refractivity (Wildman–Crippen MR) is 157 cm³/mol. The van der Waals surface area contributed by atoms with Crippen molar-refractivity contribution in [2.45, 2.75) is 52.4 Å². The van der Waals surface area contributed by atoms with Crippen LogP contribution in [-0.2, 0) is 23.3 Å². The third-order valence-corrected chi connectivity index (χ3v) is 5.04. The van der Waals surface area contributed by atoms with Gasteiger partial charge in [0.05, 0.1) is 0 Å². The van der Waals surface area contributed by atoms with Crippen LogP contribution in [0.2, 0.25) is 0 Å². The summed E-state index contributed by atoms with van der Waals surface area (Å²) in [5.41, 5.74) is 8.26. The first-order valence-corrected chi connectivity index (χ1v) is 16.8. The molecule has 34 heavy (non-hydrogen) atoms. The molecule has 0 nitrogen and oxygen atoms in total. The van der Waals surface area contributed by atoms with Crippen LogP contribution < -0.4 is 0 Å². The molecule has 4 heteroatoms. The average molecular weight is 591 g/mol. The first kappa shape index (κ1) is 37.6. The van der Waals surface area contributed by atoms with Crippen LogP contribution in [0.15, 0.2) is 84.0 Å². The maximum absolute atomic E-state index is 3.43. The molecule has 2 aromatic carbocycles. The molecule has 0 fully saturated rings. The molecule has 0 spiro atoms. The molecule has 0 radical (unpaired) electrons. The van der Waals surface area contributed by atoms with Crippen LogP contribution in [0, 0.1) is 27.0 Å². The molecule has 0 N–H and O–H groups in total. The quantitative estimate of drug-likeness (QED) is 0.233. The van der Waals surface area contributed by atoms with Gasteiger partial charge in [0.25, 0.3) is 0 Å². The van der Waals surface area contributed by atoms with Gasteiger partial charge < -0.3 is 14.9 Å². The summed E-state index contributed by atoms with van der Waals surface area (Å²) in [7, 11) is 0. The second kappa shape index (κ2) is 22.5. The van der Waals surface area contributed by atoms with Crippen LogP contribution in [0.3, 0.4) is 0 Å². The Morgan fingerprint density at radius 3 is 1.26 bits per heavy atom. The van der Waals surface area contributed by atoms with E-state index in [2.05, 4.69) is 98.8 Å². The minimum absolute atomic E-state index is 0. The van der Waals surface area contributed by atoms with Crippen LogP contribution in [0.1, 0.15) is 63.5 Å². The Morgan fingerprint density at radius 1 is 0.647 bits per heavy atom. The Morgan fingerprint density at radius 2 is 0.971 bits per heavy atom. The standard InChI is InChI=1S/2C14H15.2CH3.2ClH.H2Si.Zr/c2*1-2-6-12-9-10-14(11-12)13-7-4-3-5-8-13;;;;;;/h2*3-5,7-8,11H,2,6,10H2,1H3;2*1H3;2*1H;1H2;/q4*-1;;;;. The van der Waals surface area contributed by atoms with Crippen molar-refractivity contribution in [1.82, 2.24) is 0 Å². The Labute approximate surface area is 239 Å². The van der Waals surface area contributed by atoms with E-state index in [9.17, 15) is 0 Å². The van der Waals surface area contributed by atoms with Crippen molar-refractivity contribution in [1.29, 1.82) is 0 Å². The van der Waals surface area contributed by atoms with Crippen molar-refractivity contribution in [3.63, 3.8) is 0 Å². The molecule has 0 aliphatic heterocycles. The van der Waals surface area contributed by atoms with Crippen molar-refractivity contribution in [2.75, 3.05) is 0 Å². The van der Waals surface area contributed by atoms with Crippen LogP contribution in [0.4, 0.5) is 0 Å². The van der Waals surface area contributed by atoms with Gasteiger partial charge in [0.2, 0.25) is 0 Å². The van der Waals surface area contributed by atoms with E-state index in [1.54, 1.807) is 23.3 Å². The van der Waals surface area contributed by atoms with Crippen molar-refractivity contribution in [3.8, 4) is 0 Å². The molecule has 0 saturated heterocycles. The van der Waals surface area contributed by atoms with E-state index >= 15 is 0 Å². The first-order chi connectivity index (χ1) is 14.8. The van der Waals surface area contributed by atoms with Gasteiger partial charge in [-0.05, 0) is 11.1 Å². The summed E-state index contributed by atoms with van der Waals surface area (Å²) < 4.78 is 0. The van der Waals surface area contributed by atoms with Gasteiger partial charge in [-0.2, -0.15) is 0 Å². The van der Waals surface area contributed by atoms with Crippen molar-refractivity contribution >= 4 is 42.8 Å². The van der Waals surface area contributed by atoms with Gasteiger partial charge >= 0.3 is 30.2 Å². The molecule has 0 unspecified atom stereocenters. The van der Waals surface area contributed by atoms with Crippen molar-refractivity contribution in [3.05, 3.63) is 122 Å². The van der Waals surface area contributed by atoms with Gasteiger partial charge in [-0.1, -0.05) is 100 Å². The zero-order chi connectivity index (χ0) is 21.6. The molecule has 2 aromatic rings. The molecule has 0 saturated carbocycles. The first-order valence-electron chi connectivity index (χ1n) is 10.9. The molecule has 0 amide bonds. The van der Waals surface area contributed by atoms with Crippen LogP contribution in [0.5, 0.6) is 0 Å². The molecule has 0 bridgehead atoms. The Hall–Kier alpha value is -0.920. The Kier molecular flexibility index (Phi) is 24.9. The summed E-state index contributed by atoms with van der Waals surface area (Å²) in [5.74, 6) is 0. The molecule has 0 aromatic heterocycles. The molecule has 186 valence electrons. The van der Waals surface area contributed by atoms with Crippen molar-refractivity contribution in [2.24, 2.45) is 0 Å². The van der Waals surface area contributed by atoms with E-state index in [4.69, 9.17) is 0 Å². The minimum atomic E-state index is 0. The Balaban J connectivity index is -0.000000475. The van der Waals surface area contributed by atoms with Gasteiger partial charge in [-0.15, -0.1) is 48.8 Å². The normalized spacial score (nSPS) is 12.6. The predicted octanol–water partition coefficient (Wildman–Crippen LogP) is 8.83. The third-order valence-electron chi connectivity index (χ3n) is 5.04. The molecule has 2 aliphatic rings. The summed E-state index contributed by atoms with van der Waals surface area (Å²) in [4.78, 5) is 0. The van der Waals surface area contributed by atoms with Gasteiger partial charge in [-0.25, -0.2) is 23.3 Å². The van der Waals surface area contributed by atoms with Crippen LogP contribution in [-0.4, -0.2) is 6.88 Å². The third kappa shape index (κ3) is 12.7. The molecular weight excluding hydrogens is 551 g/mol. The number of halogens is 2. The maximum atomic E-state index is 3.43. The van der Waals surface area contributed by atoms with Gasteiger partial charge in [0.1, 0.15) is 0 Å². The average Bonchev–Trinajstić information content (AvgIpc) is 3.48. The fourth-order valence-corrected chi connectivity index (χ4v) is 3.58. The van der Waals surface area contributed by atoms with E-state index in [0.29, 0.717) is 0 Å². The number of hydrogen-bond acceptors (Lipinski definition) is 0. The fourth-order valence-electron chi connectivity index (χ4n) is 3.58. The van der Waals surface area contributed by atoms with Crippen LogP contribution >= 0.6 is 24.8 Å². The molecule has 0 heterocycles. The number of rotatable bonds is 6. The molecule has 2 aliphatic carbocycles. The number of allylic oxidation sites excluding steroid dienone is 8. The fraction of sp³-hybridized carbons (Fsp3) is 0.267. The van der Waals surface area contributed by atoms with Gasteiger partial charge in [-0.3, -0.25) is 12.2 Å². The van der Waals surface area contributed by atoms with Gasteiger partial charge in [0.15, 0.2) is 0 Å². The van der Waals surface area contributed by atoms with Gasteiger partial charge in [0, 0.05) is 0 Å². The second-order valence-corrected chi connectivity index (χ2v) is 7.33. The summed E-state index contributed by atoms with van der Waals surface area (Å²) >= 11 is 1.58. The zero-order valence-corrected chi connectivity index (χ0v) is 26.7. The summed E-state index contributed by atoms with van der Waals surface area (Å²) in [6.07, 6.45) is 18.2. The van der Waals surface area contributed by atoms with Crippen LogP contribution in [0.25, 0.3) is 11.1 Å². The van der Waals surface area contributed by atoms with E-state index < -0.39 is 0 Å². The van der Waals surface area contributed by atoms with E-state index in [0.717, 1.165) is 25.7 Å². The SMILES string of the molecule is CCCC1=[C-]CC(c2ccccc2)=C1.CCCC1=[C-]CC(c2ccccc2)=C1.Cl.Cl.[CH3-].[CH3-].[SiH2]=[Zr]. The number of benzene rings is 2. The Bertz CT molecular complexity index is 824. The van der Waals surface area contributed by atoms with Crippen molar-refractivity contribution < 1.29 is 23.3 Å². The van der Waals surface area contributed by atoms with E-state index in [-0.39, 0.29) is 39.7 Å².